The molecule has 0 aliphatic heterocycles. The van der Waals surface area contributed by atoms with Crippen molar-refractivity contribution in [2.24, 2.45) is 4.40 Å². The second-order valence-electron chi connectivity index (χ2n) is 5.74. The molecule has 1 aromatic heterocycles. The minimum Gasteiger partial charge on any atom is -0.497 e. The number of fused-ring (bicyclic) bond motifs is 1. The highest BCUT2D eigenvalue weighted by molar-refractivity contribution is 7.90. The molecule has 0 saturated carbocycles. The Bertz CT molecular complexity index is 1080. The predicted molar refractivity (Wildman–Crippen MR) is 102 cm³/mol. The van der Waals surface area contributed by atoms with E-state index in [1.54, 1.807) is 38.5 Å². The largest absolute Gasteiger partial charge is 0.497 e. The zero-order valence-electron chi connectivity index (χ0n) is 14.8. The molecule has 1 heterocycles. The fourth-order valence-electron chi connectivity index (χ4n) is 2.51. The van der Waals surface area contributed by atoms with Crippen LogP contribution in [0.15, 0.2) is 51.8 Å². The van der Waals surface area contributed by atoms with E-state index in [-0.39, 0.29) is 4.90 Å². The van der Waals surface area contributed by atoms with E-state index < -0.39 is 10.0 Å². The molecular formula is C18H20N2O4S2. The Labute approximate surface area is 156 Å². The number of nitrogens with zero attached hydrogens (tertiary/aromatic N) is 2. The molecule has 138 valence electrons. The standard InChI is InChI=1S/C18H20N2O4S2/c1-13-4-7-15(8-5-13)26(21,22)19-18-20(10-11-23-2)16-9-6-14(24-3)12-17(16)25-18/h4-9,12H,10-11H2,1-3H3. The van der Waals surface area contributed by atoms with E-state index in [0.29, 0.717) is 23.7 Å². The molecule has 0 fully saturated rings. The summed E-state index contributed by atoms with van der Waals surface area (Å²) in [6.07, 6.45) is 0. The van der Waals surface area contributed by atoms with Crippen LogP contribution in [0, 0.1) is 6.92 Å². The van der Waals surface area contributed by atoms with Gasteiger partial charge in [-0.2, -0.15) is 8.42 Å². The van der Waals surface area contributed by atoms with Crippen LogP contribution < -0.4 is 9.54 Å². The van der Waals surface area contributed by atoms with Gasteiger partial charge in [-0.1, -0.05) is 29.0 Å². The van der Waals surface area contributed by atoms with E-state index in [1.165, 1.54) is 11.3 Å². The zero-order valence-corrected chi connectivity index (χ0v) is 16.4. The maximum absolute atomic E-state index is 12.7. The third kappa shape index (κ3) is 3.82. The van der Waals surface area contributed by atoms with Crippen molar-refractivity contribution in [3.63, 3.8) is 0 Å². The van der Waals surface area contributed by atoms with Crippen LogP contribution in [-0.4, -0.2) is 33.8 Å². The van der Waals surface area contributed by atoms with E-state index >= 15 is 0 Å². The minimum absolute atomic E-state index is 0.177. The Morgan fingerprint density at radius 2 is 1.85 bits per heavy atom. The van der Waals surface area contributed by atoms with Crippen molar-refractivity contribution in [3.05, 3.63) is 52.8 Å². The number of thiazole rings is 1. The van der Waals surface area contributed by atoms with Gasteiger partial charge in [0.2, 0.25) is 4.80 Å². The lowest BCUT2D eigenvalue weighted by molar-refractivity contribution is 0.187. The average Bonchev–Trinajstić information content (AvgIpc) is 2.95. The number of ether oxygens (including phenoxy) is 2. The first kappa shape index (κ1) is 18.6. The van der Waals surface area contributed by atoms with Gasteiger partial charge in [-0.3, -0.25) is 0 Å². The van der Waals surface area contributed by atoms with Gasteiger partial charge in [-0.25, -0.2) is 0 Å². The van der Waals surface area contributed by atoms with Crippen molar-refractivity contribution >= 4 is 31.6 Å². The maximum Gasteiger partial charge on any atom is 0.285 e. The Kier molecular flexibility index (Phi) is 5.45. The van der Waals surface area contributed by atoms with Crippen molar-refractivity contribution in [2.45, 2.75) is 18.4 Å². The molecule has 0 unspecified atom stereocenters. The number of hydrogen-bond donors (Lipinski definition) is 0. The van der Waals surface area contributed by atoms with Gasteiger partial charge >= 0.3 is 0 Å². The fourth-order valence-corrected chi connectivity index (χ4v) is 4.80. The smallest absolute Gasteiger partial charge is 0.285 e. The van der Waals surface area contributed by atoms with Gasteiger partial charge in [0.15, 0.2) is 0 Å². The maximum atomic E-state index is 12.7. The molecule has 2 aromatic carbocycles. The molecule has 0 spiro atoms. The molecule has 0 aliphatic carbocycles. The summed E-state index contributed by atoms with van der Waals surface area (Å²) in [5, 5.41) is 0. The molecule has 0 N–H and O–H groups in total. The topological polar surface area (TPSA) is 69.9 Å². The first-order valence-electron chi connectivity index (χ1n) is 7.98. The lowest BCUT2D eigenvalue weighted by Gasteiger charge is -2.05. The molecule has 8 heteroatoms. The number of aryl methyl sites for hydroxylation is 1. The molecule has 6 nitrogen and oxygen atoms in total. The second kappa shape index (κ2) is 7.61. The summed E-state index contributed by atoms with van der Waals surface area (Å²) in [4.78, 5) is 0.585. The van der Waals surface area contributed by atoms with Crippen LogP contribution in [0.1, 0.15) is 5.56 Å². The highest BCUT2D eigenvalue weighted by Crippen LogP contribution is 2.23. The van der Waals surface area contributed by atoms with Gasteiger partial charge in [0, 0.05) is 13.7 Å². The lowest BCUT2D eigenvalue weighted by Crippen LogP contribution is -2.19. The fraction of sp³-hybridized carbons (Fsp3) is 0.278. The molecule has 26 heavy (non-hydrogen) atoms. The van der Waals surface area contributed by atoms with E-state index in [4.69, 9.17) is 9.47 Å². The molecule has 3 aromatic rings. The number of rotatable bonds is 6. The predicted octanol–water partition coefficient (Wildman–Crippen LogP) is 2.96. The van der Waals surface area contributed by atoms with Crippen LogP contribution >= 0.6 is 11.3 Å². The van der Waals surface area contributed by atoms with Gasteiger partial charge in [0.25, 0.3) is 10.0 Å². The number of methoxy groups -OCH3 is 2. The van der Waals surface area contributed by atoms with Crippen molar-refractivity contribution in [1.29, 1.82) is 0 Å². The normalized spacial score (nSPS) is 12.7. The van der Waals surface area contributed by atoms with Gasteiger partial charge < -0.3 is 14.0 Å². The summed E-state index contributed by atoms with van der Waals surface area (Å²) >= 11 is 1.31. The molecule has 0 radical (unpaired) electrons. The summed E-state index contributed by atoms with van der Waals surface area (Å²) in [7, 11) is -0.591. The van der Waals surface area contributed by atoms with Crippen LogP contribution in [0.5, 0.6) is 5.75 Å². The van der Waals surface area contributed by atoms with E-state index in [0.717, 1.165) is 15.8 Å². The molecule has 3 rings (SSSR count). The van der Waals surface area contributed by atoms with Crippen molar-refractivity contribution < 1.29 is 17.9 Å². The molecular weight excluding hydrogens is 372 g/mol. The quantitative estimate of drug-likeness (QED) is 0.647. The summed E-state index contributed by atoms with van der Waals surface area (Å²) in [5.74, 6) is 0.714. The SMILES string of the molecule is COCCn1c(=NS(=O)(=O)c2ccc(C)cc2)sc2cc(OC)ccc21. The van der Waals surface area contributed by atoms with Crippen LogP contribution in [0.3, 0.4) is 0 Å². The summed E-state index contributed by atoms with van der Waals surface area (Å²) in [5.41, 5.74) is 1.89. The Morgan fingerprint density at radius 3 is 2.50 bits per heavy atom. The van der Waals surface area contributed by atoms with E-state index in [9.17, 15) is 8.42 Å². The number of aromatic nitrogens is 1. The van der Waals surface area contributed by atoms with Gasteiger partial charge in [-0.05, 0) is 37.3 Å². The highest BCUT2D eigenvalue weighted by atomic mass is 32.2. The summed E-state index contributed by atoms with van der Waals surface area (Å²) < 4.78 is 42.7. The third-order valence-corrected chi connectivity index (χ3v) is 6.36. The first-order valence-corrected chi connectivity index (χ1v) is 10.2. The third-order valence-electron chi connectivity index (χ3n) is 3.93. The van der Waals surface area contributed by atoms with Crippen LogP contribution in [0.4, 0.5) is 0 Å². The van der Waals surface area contributed by atoms with Crippen molar-refractivity contribution in [2.75, 3.05) is 20.8 Å². The molecule has 0 atom stereocenters. The van der Waals surface area contributed by atoms with Crippen molar-refractivity contribution in [1.82, 2.24) is 4.57 Å². The first-order chi connectivity index (χ1) is 12.4. The lowest BCUT2D eigenvalue weighted by atomic mass is 10.2. The number of sulfonamides is 1. The van der Waals surface area contributed by atoms with Gasteiger partial charge in [0.1, 0.15) is 5.75 Å². The summed E-state index contributed by atoms with van der Waals surface area (Å²) in [6, 6.07) is 12.3. The minimum atomic E-state index is -3.80. The molecule has 0 bridgehead atoms. The van der Waals surface area contributed by atoms with E-state index in [1.807, 2.05) is 29.7 Å². The zero-order chi connectivity index (χ0) is 18.7. The van der Waals surface area contributed by atoms with Gasteiger partial charge in [-0.15, -0.1) is 4.40 Å². The van der Waals surface area contributed by atoms with Crippen molar-refractivity contribution in [3.8, 4) is 5.75 Å². The Hall–Kier alpha value is -2.16. The Morgan fingerprint density at radius 1 is 1.12 bits per heavy atom. The second-order valence-corrected chi connectivity index (χ2v) is 8.36. The summed E-state index contributed by atoms with van der Waals surface area (Å²) in [6.45, 7) is 2.87. The van der Waals surface area contributed by atoms with Gasteiger partial charge in [0.05, 0.1) is 28.8 Å². The molecule has 0 saturated heterocycles. The monoisotopic (exact) mass is 392 g/mol. The number of hydrogen-bond acceptors (Lipinski definition) is 5. The van der Waals surface area contributed by atoms with Crippen LogP contribution in [-0.2, 0) is 21.3 Å². The number of benzene rings is 2. The average molecular weight is 393 g/mol. The van der Waals surface area contributed by atoms with Crippen LogP contribution in [0.25, 0.3) is 10.2 Å². The highest BCUT2D eigenvalue weighted by Gasteiger charge is 2.15. The Balaban J connectivity index is 2.18. The van der Waals surface area contributed by atoms with Crippen LogP contribution in [0.2, 0.25) is 0 Å². The molecule has 0 aliphatic rings. The van der Waals surface area contributed by atoms with E-state index in [2.05, 4.69) is 4.40 Å². The molecule has 0 amide bonds.